The van der Waals surface area contributed by atoms with Crippen LogP contribution < -0.4 is 16.6 Å². The minimum absolute atomic E-state index is 0.146. The van der Waals surface area contributed by atoms with Gasteiger partial charge in [-0.25, -0.2) is 9.78 Å². The Labute approximate surface area is 131 Å². The first-order valence-corrected chi connectivity index (χ1v) is 7.47. The maximum atomic E-state index is 12.2. The Morgan fingerprint density at radius 3 is 2.87 bits per heavy atom. The number of hydrogen-bond acceptors (Lipinski definition) is 5. The third-order valence-electron chi connectivity index (χ3n) is 3.91. The van der Waals surface area contributed by atoms with Gasteiger partial charge in [0.1, 0.15) is 12.2 Å². The number of aryl methyl sites for hydroxylation is 2. The second-order valence-corrected chi connectivity index (χ2v) is 5.68. The highest BCUT2D eigenvalue weighted by Gasteiger charge is 2.35. The van der Waals surface area contributed by atoms with Gasteiger partial charge in [-0.3, -0.25) is 19.3 Å². The molecule has 2 aromatic heterocycles. The monoisotopic (exact) mass is 318 g/mol. The molecule has 1 aliphatic carbocycles. The van der Waals surface area contributed by atoms with Gasteiger partial charge in [-0.05, 0) is 18.8 Å². The molecule has 0 bridgehead atoms. The average molecular weight is 318 g/mol. The number of rotatable bonds is 6. The number of aromatic amines is 1. The predicted molar refractivity (Wildman–Crippen MR) is 80.6 cm³/mol. The number of amides is 1. The summed E-state index contributed by atoms with van der Waals surface area (Å²) in [6, 6.07) is 1.11. The number of nitrogens with zero attached hydrogens (tertiary/aromatic N) is 4. The van der Waals surface area contributed by atoms with E-state index in [4.69, 9.17) is 0 Å². The zero-order valence-electron chi connectivity index (χ0n) is 12.7. The Morgan fingerprint density at radius 2 is 2.26 bits per heavy atom. The number of carbonyl (C=O) groups is 1. The molecule has 2 aromatic rings. The van der Waals surface area contributed by atoms with Gasteiger partial charge in [0.2, 0.25) is 5.91 Å². The smallest absolute Gasteiger partial charge is 0.328 e. The molecule has 1 atom stereocenters. The van der Waals surface area contributed by atoms with Gasteiger partial charge in [-0.2, -0.15) is 5.10 Å². The summed E-state index contributed by atoms with van der Waals surface area (Å²) in [5.41, 5.74) is -0.968. The summed E-state index contributed by atoms with van der Waals surface area (Å²) < 4.78 is 2.96. The summed E-state index contributed by atoms with van der Waals surface area (Å²) in [5, 5.41) is 7.02. The van der Waals surface area contributed by atoms with Gasteiger partial charge >= 0.3 is 5.69 Å². The number of aromatic nitrogens is 5. The minimum Gasteiger partial charge on any atom is -0.346 e. The van der Waals surface area contributed by atoms with E-state index in [1.165, 1.54) is 23.2 Å². The lowest BCUT2D eigenvalue weighted by molar-refractivity contribution is -0.122. The molecule has 3 rings (SSSR count). The summed E-state index contributed by atoms with van der Waals surface area (Å²) in [4.78, 5) is 41.1. The molecule has 0 aromatic carbocycles. The first-order chi connectivity index (χ1) is 11.0. The summed E-state index contributed by atoms with van der Waals surface area (Å²) in [6.07, 6.45) is 5.10. The van der Waals surface area contributed by atoms with E-state index in [1.54, 1.807) is 11.7 Å². The zero-order valence-corrected chi connectivity index (χ0v) is 12.7. The maximum absolute atomic E-state index is 12.2. The topological polar surface area (TPSA) is 115 Å². The number of H-pyrrole nitrogens is 1. The molecule has 9 nitrogen and oxygen atoms in total. The molecule has 1 aliphatic rings. The van der Waals surface area contributed by atoms with Crippen LogP contribution in [0.3, 0.4) is 0 Å². The van der Waals surface area contributed by atoms with Crippen LogP contribution in [0.1, 0.15) is 31.1 Å². The second kappa shape index (κ2) is 6.19. The van der Waals surface area contributed by atoms with Gasteiger partial charge in [0.15, 0.2) is 0 Å². The van der Waals surface area contributed by atoms with Gasteiger partial charge in [-0.1, -0.05) is 0 Å². The Hall–Kier alpha value is -2.71. The number of nitrogens with one attached hydrogen (secondary N) is 2. The van der Waals surface area contributed by atoms with Crippen LogP contribution >= 0.6 is 0 Å². The van der Waals surface area contributed by atoms with Crippen molar-refractivity contribution in [3.8, 4) is 0 Å². The van der Waals surface area contributed by atoms with E-state index in [-0.39, 0.29) is 24.9 Å². The van der Waals surface area contributed by atoms with E-state index in [0.717, 1.165) is 18.7 Å². The van der Waals surface area contributed by atoms with Crippen molar-refractivity contribution in [3.63, 3.8) is 0 Å². The molecule has 1 fully saturated rings. The third-order valence-corrected chi connectivity index (χ3v) is 3.91. The number of hydrogen-bond donors (Lipinski definition) is 2. The molecule has 0 saturated heterocycles. The molecule has 0 radical (unpaired) electrons. The Morgan fingerprint density at radius 1 is 1.48 bits per heavy atom. The van der Waals surface area contributed by atoms with Crippen LogP contribution in [-0.2, 0) is 18.4 Å². The van der Waals surface area contributed by atoms with Crippen LogP contribution in [0.2, 0.25) is 0 Å². The quantitative estimate of drug-likeness (QED) is 0.732. The van der Waals surface area contributed by atoms with Gasteiger partial charge in [0.05, 0.1) is 6.04 Å². The molecule has 1 saturated carbocycles. The van der Waals surface area contributed by atoms with Crippen molar-refractivity contribution in [2.24, 2.45) is 13.0 Å². The molecule has 2 N–H and O–H groups in total. The summed E-state index contributed by atoms with van der Waals surface area (Å²) in [6.45, 7) is 0.206. The predicted octanol–water partition coefficient (Wildman–Crippen LogP) is -0.677. The highest BCUT2D eigenvalue weighted by atomic mass is 16.2. The first kappa shape index (κ1) is 15.2. The van der Waals surface area contributed by atoms with E-state index in [9.17, 15) is 14.4 Å². The van der Waals surface area contributed by atoms with Crippen molar-refractivity contribution in [2.45, 2.75) is 31.8 Å². The third kappa shape index (κ3) is 3.55. The molecule has 0 aliphatic heterocycles. The minimum atomic E-state index is -0.516. The molecule has 1 amide bonds. The molecular formula is C14H18N6O3. The molecule has 1 unspecified atom stereocenters. The van der Waals surface area contributed by atoms with Crippen LogP contribution in [0.5, 0.6) is 0 Å². The number of carbonyl (C=O) groups excluding carboxylic acids is 1. The highest BCUT2D eigenvalue weighted by molar-refractivity contribution is 5.76. The van der Waals surface area contributed by atoms with Crippen molar-refractivity contribution in [2.75, 3.05) is 0 Å². The molecular weight excluding hydrogens is 300 g/mol. The van der Waals surface area contributed by atoms with E-state index >= 15 is 0 Å². The maximum Gasteiger partial charge on any atom is 0.328 e. The van der Waals surface area contributed by atoms with Crippen LogP contribution in [0, 0.1) is 5.92 Å². The summed E-state index contributed by atoms with van der Waals surface area (Å²) in [7, 11) is 1.80. The van der Waals surface area contributed by atoms with Gasteiger partial charge in [0.25, 0.3) is 5.56 Å². The fourth-order valence-electron chi connectivity index (χ4n) is 2.50. The van der Waals surface area contributed by atoms with Crippen molar-refractivity contribution in [1.82, 2.24) is 29.6 Å². The zero-order chi connectivity index (χ0) is 16.4. The Bertz CT molecular complexity index is 816. The average Bonchev–Trinajstić information content (AvgIpc) is 3.26. The fraction of sp³-hybridized carbons (Fsp3) is 0.500. The van der Waals surface area contributed by atoms with E-state index in [1.807, 2.05) is 0 Å². The lowest BCUT2D eigenvalue weighted by Gasteiger charge is -2.17. The van der Waals surface area contributed by atoms with Crippen molar-refractivity contribution < 1.29 is 4.79 Å². The molecule has 23 heavy (non-hydrogen) atoms. The first-order valence-electron chi connectivity index (χ1n) is 7.47. The van der Waals surface area contributed by atoms with Crippen LogP contribution in [0.15, 0.2) is 28.2 Å². The summed E-state index contributed by atoms with van der Waals surface area (Å²) in [5.74, 6) is 0.961. The van der Waals surface area contributed by atoms with Crippen molar-refractivity contribution in [3.05, 3.63) is 45.3 Å². The SMILES string of the molecule is Cn1ncnc1C(NC(=O)CCn1ccc(=O)[nH]c1=O)C1CC1. The van der Waals surface area contributed by atoms with Crippen LogP contribution in [-0.4, -0.2) is 30.2 Å². The van der Waals surface area contributed by atoms with E-state index in [0.29, 0.717) is 5.92 Å². The highest BCUT2D eigenvalue weighted by Crippen LogP contribution is 2.40. The van der Waals surface area contributed by atoms with Crippen LogP contribution in [0.25, 0.3) is 0 Å². The second-order valence-electron chi connectivity index (χ2n) is 5.68. The lowest BCUT2D eigenvalue weighted by Crippen LogP contribution is -2.34. The Balaban J connectivity index is 1.63. The fourth-order valence-corrected chi connectivity index (χ4v) is 2.50. The normalized spacial score (nSPS) is 15.3. The molecule has 2 heterocycles. The van der Waals surface area contributed by atoms with Crippen LogP contribution in [0.4, 0.5) is 0 Å². The van der Waals surface area contributed by atoms with E-state index in [2.05, 4.69) is 20.4 Å². The van der Waals surface area contributed by atoms with Crippen molar-refractivity contribution >= 4 is 5.91 Å². The van der Waals surface area contributed by atoms with Gasteiger partial charge in [-0.15, -0.1) is 0 Å². The lowest BCUT2D eigenvalue weighted by atomic mass is 10.1. The van der Waals surface area contributed by atoms with Gasteiger partial charge in [0, 0.05) is 32.3 Å². The largest absolute Gasteiger partial charge is 0.346 e. The molecule has 122 valence electrons. The summed E-state index contributed by atoms with van der Waals surface area (Å²) >= 11 is 0. The van der Waals surface area contributed by atoms with Crippen molar-refractivity contribution in [1.29, 1.82) is 0 Å². The molecule has 9 heteroatoms. The van der Waals surface area contributed by atoms with E-state index < -0.39 is 11.2 Å². The molecule has 0 spiro atoms. The Kier molecular flexibility index (Phi) is 4.09. The standard InChI is InChI=1S/C14H18N6O3/c1-19-13(15-8-16-19)12(9-2-3-9)17-10(21)4-6-20-7-5-11(22)18-14(20)23/h5,7-9,12H,2-4,6H2,1H3,(H,17,21)(H,18,22,23). The van der Waals surface area contributed by atoms with Gasteiger partial charge < -0.3 is 9.88 Å².